The molecule has 6 nitrogen and oxygen atoms in total. The third-order valence-corrected chi connectivity index (χ3v) is 4.59. The van der Waals surface area contributed by atoms with Crippen LogP contribution in [0.1, 0.15) is 10.4 Å². The Kier molecular flexibility index (Phi) is 3.86. The van der Waals surface area contributed by atoms with Crippen LogP contribution < -0.4 is 16.3 Å². The van der Waals surface area contributed by atoms with Gasteiger partial charge < -0.3 is 10.6 Å². The molecular formula is C17H12Cl2N4O2. The summed E-state index contributed by atoms with van der Waals surface area (Å²) in [6.45, 7) is 1.25. The first-order valence-corrected chi connectivity index (χ1v) is 8.33. The standard InChI is InChI=1S/C17H12Cl2N4O2/c18-9-1-3-13(19)11(7-9)16(24)21-10-2-4-14-12(8-10)15-20-5-6-23(15)17(25)22-14/h1-4,7-8,20H,5-6H2,(H,21,24). The van der Waals surface area contributed by atoms with Gasteiger partial charge in [0.1, 0.15) is 5.82 Å². The van der Waals surface area contributed by atoms with Crippen molar-refractivity contribution < 1.29 is 4.79 Å². The first-order chi connectivity index (χ1) is 12.0. The van der Waals surface area contributed by atoms with E-state index in [1.807, 2.05) is 0 Å². The predicted octanol–water partition coefficient (Wildman–Crippen LogP) is 3.38. The van der Waals surface area contributed by atoms with Crippen molar-refractivity contribution in [2.24, 2.45) is 0 Å². The van der Waals surface area contributed by atoms with Gasteiger partial charge in [0.15, 0.2) is 0 Å². The molecule has 126 valence electrons. The van der Waals surface area contributed by atoms with Crippen molar-refractivity contribution in [3.8, 4) is 0 Å². The van der Waals surface area contributed by atoms with Crippen LogP contribution in [0.3, 0.4) is 0 Å². The third-order valence-electron chi connectivity index (χ3n) is 4.03. The lowest BCUT2D eigenvalue weighted by Crippen LogP contribution is -2.21. The lowest BCUT2D eigenvalue weighted by atomic mass is 10.1. The van der Waals surface area contributed by atoms with E-state index in [-0.39, 0.29) is 11.6 Å². The zero-order valence-corrected chi connectivity index (χ0v) is 14.4. The first-order valence-electron chi connectivity index (χ1n) is 7.58. The van der Waals surface area contributed by atoms with Crippen molar-refractivity contribution in [3.05, 3.63) is 62.5 Å². The number of hydrogen-bond donors (Lipinski definition) is 2. The summed E-state index contributed by atoms with van der Waals surface area (Å²) in [5.74, 6) is 0.351. The second-order valence-electron chi connectivity index (χ2n) is 5.63. The molecule has 0 aliphatic carbocycles. The van der Waals surface area contributed by atoms with Gasteiger partial charge >= 0.3 is 5.69 Å². The van der Waals surface area contributed by atoms with Gasteiger partial charge in [-0.05, 0) is 36.4 Å². The van der Waals surface area contributed by atoms with Crippen molar-refractivity contribution in [3.63, 3.8) is 0 Å². The van der Waals surface area contributed by atoms with Crippen LogP contribution in [0.25, 0.3) is 10.9 Å². The fourth-order valence-corrected chi connectivity index (χ4v) is 3.24. The zero-order chi connectivity index (χ0) is 17.6. The number of benzene rings is 2. The summed E-state index contributed by atoms with van der Waals surface area (Å²) in [7, 11) is 0. The number of carbonyl (C=O) groups excluding carboxylic acids is 1. The van der Waals surface area contributed by atoms with Crippen molar-refractivity contribution in [1.29, 1.82) is 0 Å². The van der Waals surface area contributed by atoms with Crippen LogP contribution in [-0.2, 0) is 6.54 Å². The summed E-state index contributed by atoms with van der Waals surface area (Å²) in [6, 6.07) is 9.88. The van der Waals surface area contributed by atoms with E-state index in [2.05, 4.69) is 15.6 Å². The van der Waals surface area contributed by atoms with Crippen LogP contribution in [0.2, 0.25) is 10.0 Å². The third kappa shape index (κ3) is 2.83. The molecule has 0 saturated carbocycles. The fraction of sp³-hybridized carbons (Fsp3) is 0.118. The molecule has 0 radical (unpaired) electrons. The summed E-state index contributed by atoms with van der Waals surface area (Å²) in [6.07, 6.45) is 0. The molecule has 3 aromatic rings. The number of hydrogen-bond acceptors (Lipinski definition) is 4. The summed E-state index contributed by atoms with van der Waals surface area (Å²) in [5.41, 5.74) is 1.16. The molecule has 0 bridgehead atoms. The maximum absolute atomic E-state index is 12.5. The number of nitrogens with one attached hydrogen (secondary N) is 2. The molecule has 2 heterocycles. The van der Waals surface area contributed by atoms with Crippen LogP contribution in [0.4, 0.5) is 11.5 Å². The van der Waals surface area contributed by atoms with E-state index in [0.717, 1.165) is 5.39 Å². The Morgan fingerprint density at radius 3 is 2.88 bits per heavy atom. The molecule has 1 aliphatic heterocycles. The van der Waals surface area contributed by atoms with E-state index >= 15 is 0 Å². The van der Waals surface area contributed by atoms with Gasteiger partial charge in [0.2, 0.25) is 0 Å². The lowest BCUT2D eigenvalue weighted by Gasteiger charge is -2.10. The average molecular weight is 375 g/mol. The zero-order valence-electron chi connectivity index (χ0n) is 12.8. The highest BCUT2D eigenvalue weighted by Gasteiger charge is 2.17. The Hall–Kier alpha value is -2.57. The Morgan fingerprint density at radius 1 is 1.20 bits per heavy atom. The van der Waals surface area contributed by atoms with Crippen LogP contribution in [0.5, 0.6) is 0 Å². The SMILES string of the molecule is O=C(Nc1ccc2nc(=O)n3c(c2c1)NCC3)c1cc(Cl)ccc1Cl. The number of aromatic nitrogens is 2. The highest BCUT2D eigenvalue weighted by Crippen LogP contribution is 2.27. The van der Waals surface area contributed by atoms with Crippen molar-refractivity contribution >= 4 is 51.5 Å². The van der Waals surface area contributed by atoms with Gasteiger partial charge in [-0.2, -0.15) is 4.98 Å². The Balaban J connectivity index is 1.73. The molecule has 1 amide bonds. The molecule has 8 heteroatoms. The topological polar surface area (TPSA) is 76.0 Å². The Labute approximate surface area is 152 Å². The molecule has 0 fully saturated rings. The van der Waals surface area contributed by atoms with Crippen LogP contribution in [0.15, 0.2) is 41.2 Å². The van der Waals surface area contributed by atoms with Crippen molar-refractivity contribution in [2.45, 2.75) is 6.54 Å². The van der Waals surface area contributed by atoms with Crippen LogP contribution >= 0.6 is 23.2 Å². The second-order valence-corrected chi connectivity index (χ2v) is 6.48. The molecule has 25 heavy (non-hydrogen) atoms. The average Bonchev–Trinajstić information content (AvgIpc) is 3.08. The van der Waals surface area contributed by atoms with E-state index in [1.54, 1.807) is 34.9 Å². The van der Waals surface area contributed by atoms with Gasteiger partial charge in [-0.3, -0.25) is 9.36 Å². The Morgan fingerprint density at radius 2 is 2.04 bits per heavy atom. The van der Waals surface area contributed by atoms with E-state index in [4.69, 9.17) is 23.2 Å². The van der Waals surface area contributed by atoms with Gasteiger partial charge in [-0.1, -0.05) is 23.2 Å². The molecule has 2 aromatic carbocycles. The summed E-state index contributed by atoms with van der Waals surface area (Å²) in [5, 5.41) is 7.50. The largest absolute Gasteiger partial charge is 0.369 e. The molecule has 0 saturated heterocycles. The van der Waals surface area contributed by atoms with Gasteiger partial charge in [0, 0.05) is 29.2 Å². The van der Waals surface area contributed by atoms with E-state index in [0.29, 0.717) is 45.7 Å². The summed E-state index contributed by atoms with van der Waals surface area (Å²) < 4.78 is 1.59. The minimum absolute atomic E-state index is 0.282. The molecule has 0 unspecified atom stereocenters. The molecule has 2 N–H and O–H groups in total. The quantitative estimate of drug-likeness (QED) is 0.720. The molecular weight excluding hydrogens is 363 g/mol. The van der Waals surface area contributed by atoms with Gasteiger partial charge in [-0.15, -0.1) is 0 Å². The number of rotatable bonds is 2. The normalized spacial score (nSPS) is 12.7. The number of amides is 1. The minimum atomic E-state index is -0.363. The molecule has 0 atom stereocenters. The van der Waals surface area contributed by atoms with Gasteiger partial charge in [0.25, 0.3) is 5.91 Å². The minimum Gasteiger partial charge on any atom is -0.369 e. The van der Waals surface area contributed by atoms with Crippen molar-refractivity contribution in [2.75, 3.05) is 17.2 Å². The smallest absolute Gasteiger partial charge is 0.349 e. The molecule has 1 aromatic heterocycles. The maximum Gasteiger partial charge on any atom is 0.349 e. The monoisotopic (exact) mass is 374 g/mol. The molecule has 1 aliphatic rings. The van der Waals surface area contributed by atoms with Crippen LogP contribution in [0, 0.1) is 0 Å². The second kappa shape index (κ2) is 6.06. The van der Waals surface area contributed by atoms with Crippen LogP contribution in [-0.4, -0.2) is 22.0 Å². The summed E-state index contributed by atoms with van der Waals surface area (Å²) in [4.78, 5) is 28.5. The molecule has 4 rings (SSSR count). The van der Waals surface area contributed by atoms with Gasteiger partial charge in [0.05, 0.1) is 16.1 Å². The van der Waals surface area contributed by atoms with Gasteiger partial charge in [-0.25, -0.2) is 4.79 Å². The number of fused-ring (bicyclic) bond motifs is 3. The highest BCUT2D eigenvalue weighted by atomic mass is 35.5. The number of halogens is 2. The van der Waals surface area contributed by atoms with Crippen molar-refractivity contribution in [1.82, 2.24) is 9.55 Å². The molecule has 0 spiro atoms. The maximum atomic E-state index is 12.5. The number of carbonyl (C=O) groups is 1. The number of anilines is 2. The lowest BCUT2D eigenvalue weighted by molar-refractivity contribution is 0.102. The van der Waals surface area contributed by atoms with E-state index < -0.39 is 0 Å². The highest BCUT2D eigenvalue weighted by molar-refractivity contribution is 6.36. The van der Waals surface area contributed by atoms with E-state index in [9.17, 15) is 9.59 Å². The first kappa shape index (κ1) is 15.9. The summed E-state index contributed by atoms with van der Waals surface area (Å²) >= 11 is 12.0. The number of nitrogens with zero attached hydrogens (tertiary/aromatic N) is 2. The Bertz CT molecular complexity index is 1080. The fourth-order valence-electron chi connectivity index (χ4n) is 2.86. The predicted molar refractivity (Wildman–Crippen MR) is 98.9 cm³/mol. The van der Waals surface area contributed by atoms with E-state index in [1.165, 1.54) is 6.07 Å².